The fourth-order valence-electron chi connectivity index (χ4n) is 7.68. The number of pyridine rings is 1. The predicted molar refractivity (Wildman–Crippen MR) is 258 cm³/mol. The largest absolute Gasteiger partial charge is 0.383 e. The number of aryl methyl sites for hydroxylation is 1. The van der Waals surface area contributed by atoms with Crippen molar-refractivity contribution in [2.75, 3.05) is 0 Å². The zero-order valence-electron chi connectivity index (χ0n) is 33.1. The molecule has 0 spiro atoms. The Balaban J connectivity index is 0.000000568. The third-order valence-electron chi connectivity index (χ3n) is 10.6. The van der Waals surface area contributed by atoms with Crippen LogP contribution in [0.4, 0.5) is 0 Å². The van der Waals surface area contributed by atoms with Gasteiger partial charge in [-0.25, -0.2) is 9.98 Å². The highest BCUT2D eigenvalue weighted by Gasteiger charge is 2.18. The van der Waals surface area contributed by atoms with Gasteiger partial charge in [0.05, 0.1) is 11.0 Å². The smallest absolute Gasteiger partial charge is 0.154 e. The fourth-order valence-corrected chi connectivity index (χ4v) is 7.68. The molecule has 5 nitrogen and oxygen atoms in total. The fraction of sp³-hybridized carbons (Fsp3) is 0.0185. The third-order valence-corrected chi connectivity index (χ3v) is 10.6. The SMILES string of the molecule is Cc1ccccc1.N=C(N=C(N)c1ccccc1)c1ccnc(-n2c3cc(-c4cc(-c5ccccc5)cc(-c5ccccc5)c4)ccc3c3c4ccccc4ccc32)c1.S. The second-order valence-corrected chi connectivity index (χ2v) is 14.5. The monoisotopic (exact) mass is 793 g/mol. The van der Waals surface area contributed by atoms with Gasteiger partial charge in [0.25, 0.3) is 0 Å². The number of nitrogens with one attached hydrogen (secondary N) is 1. The zero-order chi connectivity index (χ0) is 40.1. The lowest BCUT2D eigenvalue weighted by Crippen LogP contribution is -2.16. The molecule has 0 radical (unpaired) electrons. The molecule has 8 aromatic carbocycles. The van der Waals surface area contributed by atoms with Crippen molar-refractivity contribution < 1.29 is 0 Å². The zero-order valence-corrected chi connectivity index (χ0v) is 34.1. The highest BCUT2D eigenvalue weighted by atomic mass is 32.1. The van der Waals surface area contributed by atoms with E-state index in [1.165, 1.54) is 27.5 Å². The topological polar surface area (TPSA) is 80.1 Å². The summed E-state index contributed by atoms with van der Waals surface area (Å²) in [5.74, 6) is 1.07. The first-order valence-electron chi connectivity index (χ1n) is 19.7. The van der Waals surface area contributed by atoms with Gasteiger partial charge in [-0.2, -0.15) is 13.5 Å². The van der Waals surface area contributed by atoms with Crippen molar-refractivity contribution in [2.24, 2.45) is 10.7 Å². The molecule has 0 fully saturated rings. The van der Waals surface area contributed by atoms with Crippen molar-refractivity contribution in [2.45, 2.75) is 6.92 Å². The number of benzene rings is 8. The van der Waals surface area contributed by atoms with Gasteiger partial charge in [-0.3, -0.25) is 9.98 Å². The second kappa shape index (κ2) is 17.5. The van der Waals surface area contributed by atoms with Crippen molar-refractivity contribution in [1.82, 2.24) is 9.55 Å². The lowest BCUT2D eigenvalue weighted by Gasteiger charge is -2.13. The number of nitrogens with two attached hydrogens (primary N) is 1. The minimum atomic E-state index is 0. The lowest BCUT2D eigenvalue weighted by molar-refractivity contribution is 1.08. The molecule has 2 heterocycles. The minimum Gasteiger partial charge on any atom is -0.383 e. The number of nitrogens with zero attached hydrogens (tertiary/aromatic N) is 3. The summed E-state index contributed by atoms with van der Waals surface area (Å²) >= 11 is 0. The van der Waals surface area contributed by atoms with Gasteiger partial charge in [0.1, 0.15) is 11.7 Å². The summed E-state index contributed by atoms with van der Waals surface area (Å²) in [6.07, 6.45) is 1.74. The van der Waals surface area contributed by atoms with E-state index in [1.807, 2.05) is 60.7 Å². The highest BCUT2D eigenvalue weighted by Crippen LogP contribution is 2.40. The first-order chi connectivity index (χ1) is 29.0. The van der Waals surface area contributed by atoms with Crippen LogP contribution in [0.15, 0.2) is 217 Å². The molecular formula is C54H43N5S. The van der Waals surface area contributed by atoms with Crippen LogP contribution in [0.25, 0.3) is 71.8 Å². The lowest BCUT2D eigenvalue weighted by atomic mass is 9.93. The van der Waals surface area contributed by atoms with Crippen LogP contribution < -0.4 is 5.73 Å². The van der Waals surface area contributed by atoms with Crippen LogP contribution in [-0.2, 0) is 0 Å². The molecular weight excluding hydrogens is 751 g/mol. The molecule has 0 aliphatic carbocycles. The van der Waals surface area contributed by atoms with E-state index in [2.05, 4.69) is 162 Å². The Hall–Kier alpha value is -7.54. The van der Waals surface area contributed by atoms with E-state index in [4.69, 9.17) is 16.1 Å². The molecule has 0 saturated carbocycles. The van der Waals surface area contributed by atoms with Crippen molar-refractivity contribution in [1.29, 1.82) is 5.41 Å². The summed E-state index contributed by atoms with van der Waals surface area (Å²) in [7, 11) is 0. The molecule has 6 heteroatoms. The number of hydrogen-bond acceptors (Lipinski definition) is 2. The molecule has 3 N–H and O–H groups in total. The van der Waals surface area contributed by atoms with Crippen molar-refractivity contribution in [3.63, 3.8) is 0 Å². The van der Waals surface area contributed by atoms with Gasteiger partial charge in [0.15, 0.2) is 5.84 Å². The van der Waals surface area contributed by atoms with Crippen LogP contribution in [0.2, 0.25) is 0 Å². The van der Waals surface area contributed by atoms with Gasteiger partial charge >= 0.3 is 0 Å². The molecule has 10 rings (SSSR count). The summed E-state index contributed by atoms with van der Waals surface area (Å²) in [6, 6.07) is 71.0. The normalized spacial score (nSPS) is 11.2. The van der Waals surface area contributed by atoms with Crippen molar-refractivity contribution in [3.05, 3.63) is 229 Å². The Labute approximate surface area is 357 Å². The van der Waals surface area contributed by atoms with Crippen molar-refractivity contribution >= 4 is 57.7 Å². The van der Waals surface area contributed by atoms with Crippen LogP contribution in [0, 0.1) is 12.3 Å². The number of hydrogen-bond donors (Lipinski definition) is 2. The number of fused-ring (bicyclic) bond motifs is 5. The summed E-state index contributed by atoms with van der Waals surface area (Å²) in [4.78, 5) is 9.34. The molecule has 0 saturated heterocycles. The number of amidine groups is 2. The standard InChI is InChI=1S/C47H33N5.C7H8.H2S/c48-46(34-17-8-3-9-18-34)51-47(49)36-24-25-50-44(30-36)52-42-23-21-33-16-10-11-19-40(33)45(42)41-22-20-35(29-43(41)52)39-27-37(31-12-4-1-5-13-31)26-38(28-39)32-14-6-2-7-15-32;1-7-5-3-2-4-6-7;/h1-30H,(H3,48,49,51);2-6H,1H3;1H2. The molecule has 290 valence electrons. The van der Waals surface area contributed by atoms with E-state index >= 15 is 0 Å². The Bertz CT molecular complexity index is 3060. The van der Waals surface area contributed by atoms with Crippen LogP contribution in [0.5, 0.6) is 0 Å². The van der Waals surface area contributed by atoms with E-state index in [0.717, 1.165) is 49.6 Å². The quantitative estimate of drug-likeness (QED) is 0.130. The Morgan fingerprint density at radius 1 is 0.500 bits per heavy atom. The number of rotatable bonds is 6. The molecule has 2 aromatic heterocycles. The molecule has 0 aliphatic rings. The van der Waals surface area contributed by atoms with Gasteiger partial charge < -0.3 is 5.73 Å². The Morgan fingerprint density at radius 3 is 1.68 bits per heavy atom. The Morgan fingerprint density at radius 2 is 1.07 bits per heavy atom. The maximum atomic E-state index is 8.89. The summed E-state index contributed by atoms with van der Waals surface area (Å²) in [6.45, 7) is 2.08. The van der Waals surface area contributed by atoms with Crippen molar-refractivity contribution in [3.8, 4) is 39.2 Å². The first-order valence-corrected chi connectivity index (χ1v) is 19.7. The molecule has 10 aromatic rings. The summed E-state index contributed by atoms with van der Waals surface area (Å²) in [5.41, 5.74) is 18.0. The van der Waals surface area contributed by atoms with E-state index in [1.54, 1.807) is 6.20 Å². The number of aromatic nitrogens is 2. The van der Waals surface area contributed by atoms with Gasteiger partial charge in [-0.15, -0.1) is 0 Å². The van der Waals surface area contributed by atoms with E-state index < -0.39 is 0 Å². The van der Waals surface area contributed by atoms with Gasteiger partial charge in [-0.05, 0) is 93.5 Å². The molecule has 0 amide bonds. The molecule has 60 heavy (non-hydrogen) atoms. The van der Waals surface area contributed by atoms with E-state index in [0.29, 0.717) is 17.2 Å². The Kier molecular flexibility index (Phi) is 11.5. The molecule has 0 unspecified atom stereocenters. The predicted octanol–water partition coefficient (Wildman–Crippen LogP) is 13.2. The van der Waals surface area contributed by atoms with Gasteiger partial charge in [-0.1, -0.05) is 169 Å². The second-order valence-electron chi connectivity index (χ2n) is 14.5. The molecule has 0 atom stereocenters. The molecule has 0 aliphatic heterocycles. The summed E-state index contributed by atoms with van der Waals surface area (Å²) in [5, 5.41) is 13.5. The average molecular weight is 794 g/mol. The van der Waals surface area contributed by atoms with Crippen LogP contribution in [0.3, 0.4) is 0 Å². The highest BCUT2D eigenvalue weighted by molar-refractivity contribution is 7.59. The first kappa shape index (κ1) is 39.3. The van der Waals surface area contributed by atoms with Crippen LogP contribution in [0.1, 0.15) is 16.7 Å². The number of aliphatic imine (C=N–C) groups is 1. The van der Waals surface area contributed by atoms with E-state index in [9.17, 15) is 0 Å². The summed E-state index contributed by atoms with van der Waals surface area (Å²) < 4.78 is 2.21. The average Bonchev–Trinajstić information content (AvgIpc) is 3.64. The maximum absolute atomic E-state index is 8.89. The maximum Gasteiger partial charge on any atom is 0.154 e. The van der Waals surface area contributed by atoms with E-state index in [-0.39, 0.29) is 19.3 Å². The molecule has 0 bridgehead atoms. The minimum absolute atomic E-state index is 0. The van der Waals surface area contributed by atoms with Gasteiger partial charge in [0, 0.05) is 28.1 Å². The third kappa shape index (κ3) is 8.10. The van der Waals surface area contributed by atoms with Gasteiger partial charge in [0.2, 0.25) is 0 Å². The van der Waals surface area contributed by atoms with Crippen LogP contribution >= 0.6 is 13.5 Å². The van der Waals surface area contributed by atoms with Crippen LogP contribution in [-0.4, -0.2) is 21.2 Å².